The number of benzene rings is 2. The summed E-state index contributed by atoms with van der Waals surface area (Å²) in [6, 6.07) is 12.8. The molecule has 1 unspecified atom stereocenters. The minimum absolute atomic E-state index is 0.0261. The third-order valence-electron chi connectivity index (χ3n) is 4.51. The first kappa shape index (κ1) is 22.7. The third kappa shape index (κ3) is 7.07. The number of carbonyl (C=O) groups excluding carboxylic acids is 1. The number of hydrogen-bond donors (Lipinski definition) is 2. The molecule has 6 heteroatoms. The Kier molecular flexibility index (Phi) is 9.47. The molecule has 0 saturated carbocycles. The number of para-hydroxylation sites is 1. The number of methoxy groups -OCH3 is 2. The molecule has 0 bridgehead atoms. The van der Waals surface area contributed by atoms with E-state index in [1.54, 1.807) is 26.4 Å². The van der Waals surface area contributed by atoms with Crippen LogP contribution in [0.25, 0.3) is 0 Å². The molecule has 2 N–H and O–H groups in total. The number of aliphatic hydroxyl groups excluding tert-OH is 1. The second-order valence-corrected chi connectivity index (χ2v) is 6.78. The van der Waals surface area contributed by atoms with Gasteiger partial charge < -0.3 is 24.6 Å². The molecular weight excluding hydrogens is 370 g/mol. The summed E-state index contributed by atoms with van der Waals surface area (Å²) in [5.41, 5.74) is 1.55. The lowest BCUT2D eigenvalue weighted by Crippen LogP contribution is -2.31. The molecule has 0 amide bonds. The number of aliphatic hydroxyl groups is 1. The fourth-order valence-electron chi connectivity index (χ4n) is 2.95. The molecule has 2 rings (SSSR count). The van der Waals surface area contributed by atoms with Crippen molar-refractivity contribution in [3.05, 3.63) is 53.6 Å². The van der Waals surface area contributed by atoms with Crippen LogP contribution in [-0.4, -0.2) is 50.9 Å². The molecule has 0 aliphatic rings. The van der Waals surface area contributed by atoms with Crippen molar-refractivity contribution < 1.29 is 24.1 Å². The highest BCUT2D eigenvalue weighted by atomic mass is 16.5. The summed E-state index contributed by atoms with van der Waals surface area (Å²) >= 11 is 0. The Morgan fingerprint density at radius 3 is 2.55 bits per heavy atom. The highest BCUT2D eigenvalue weighted by Gasteiger charge is 2.13. The van der Waals surface area contributed by atoms with E-state index in [9.17, 15) is 9.90 Å². The Hall–Kier alpha value is -2.57. The number of rotatable bonds is 13. The van der Waals surface area contributed by atoms with E-state index in [4.69, 9.17) is 14.2 Å². The van der Waals surface area contributed by atoms with Crippen LogP contribution in [-0.2, 0) is 6.42 Å². The average Bonchev–Trinajstić information content (AvgIpc) is 2.76. The molecule has 2 aromatic rings. The first-order valence-corrected chi connectivity index (χ1v) is 9.93. The van der Waals surface area contributed by atoms with E-state index in [1.165, 1.54) is 0 Å². The number of hydrogen-bond acceptors (Lipinski definition) is 6. The maximum Gasteiger partial charge on any atom is 0.166 e. The molecule has 0 fully saturated rings. The lowest BCUT2D eigenvalue weighted by Gasteiger charge is -2.16. The smallest absolute Gasteiger partial charge is 0.166 e. The van der Waals surface area contributed by atoms with Gasteiger partial charge in [-0.05, 0) is 49.2 Å². The summed E-state index contributed by atoms with van der Waals surface area (Å²) in [5.74, 6) is 1.77. The molecule has 2 aromatic carbocycles. The van der Waals surface area contributed by atoms with Gasteiger partial charge in [0.15, 0.2) is 17.3 Å². The van der Waals surface area contributed by atoms with Crippen LogP contribution in [0.4, 0.5) is 0 Å². The number of aryl methyl sites for hydroxylation is 1. The largest absolute Gasteiger partial charge is 0.496 e. The Morgan fingerprint density at radius 2 is 1.83 bits per heavy atom. The van der Waals surface area contributed by atoms with Crippen molar-refractivity contribution in [2.75, 3.05) is 33.9 Å². The average molecular weight is 402 g/mol. The van der Waals surface area contributed by atoms with Crippen LogP contribution >= 0.6 is 0 Å². The van der Waals surface area contributed by atoms with E-state index >= 15 is 0 Å². The van der Waals surface area contributed by atoms with Crippen LogP contribution in [0.15, 0.2) is 42.5 Å². The molecule has 0 aliphatic carbocycles. The van der Waals surface area contributed by atoms with E-state index in [-0.39, 0.29) is 12.4 Å². The van der Waals surface area contributed by atoms with Crippen LogP contribution in [0, 0.1) is 0 Å². The van der Waals surface area contributed by atoms with Crippen LogP contribution < -0.4 is 19.5 Å². The van der Waals surface area contributed by atoms with Gasteiger partial charge in [0.2, 0.25) is 0 Å². The Bertz CT molecular complexity index is 778. The molecule has 0 aliphatic heterocycles. The summed E-state index contributed by atoms with van der Waals surface area (Å²) in [5, 5.41) is 13.2. The van der Waals surface area contributed by atoms with E-state index in [1.807, 2.05) is 30.3 Å². The van der Waals surface area contributed by atoms with Gasteiger partial charge in [0.25, 0.3) is 0 Å². The summed E-state index contributed by atoms with van der Waals surface area (Å²) in [6.07, 6.45) is 1.33. The molecule has 0 aromatic heterocycles. The summed E-state index contributed by atoms with van der Waals surface area (Å²) in [6.45, 7) is 3.57. The zero-order valence-corrected chi connectivity index (χ0v) is 17.4. The van der Waals surface area contributed by atoms with Gasteiger partial charge >= 0.3 is 0 Å². The maximum atomic E-state index is 12.6. The molecule has 29 heavy (non-hydrogen) atoms. The normalized spacial score (nSPS) is 11.7. The van der Waals surface area contributed by atoms with Crippen molar-refractivity contribution >= 4 is 5.78 Å². The molecule has 0 saturated heterocycles. The monoisotopic (exact) mass is 401 g/mol. The van der Waals surface area contributed by atoms with Crippen molar-refractivity contribution in [2.24, 2.45) is 0 Å². The lowest BCUT2D eigenvalue weighted by atomic mass is 10.0. The highest BCUT2D eigenvalue weighted by Crippen LogP contribution is 2.29. The third-order valence-corrected chi connectivity index (χ3v) is 4.51. The number of carbonyl (C=O) groups is 1. The van der Waals surface area contributed by atoms with Crippen molar-refractivity contribution in [3.63, 3.8) is 0 Å². The van der Waals surface area contributed by atoms with Gasteiger partial charge in [-0.2, -0.15) is 0 Å². The van der Waals surface area contributed by atoms with Gasteiger partial charge in [0.05, 0.1) is 19.8 Å². The number of ether oxygens (including phenoxy) is 3. The second kappa shape index (κ2) is 12.1. The van der Waals surface area contributed by atoms with E-state index in [0.717, 1.165) is 18.5 Å². The first-order valence-electron chi connectivity index (χ1n) is 9.93. The Labute approximate surface area is 172 Å². The van der Waals surface area contributed by atoms with Crippen molar-refractivity contribution in [1.29, 1.82) is 0 Å². The van der Waals surface area contributed by atoms with Gasteiger partial charge in [-0.15, -0.1) is 0 Å². The minimum Gasteiger partial charge on any atom is -0.496 e. The molecular formula is C23H31NO5. The van der Waals surface area contributed by atoms with E-state index in [0.29, 0.717) is 42.2 Å². The molecule has 1 atom stereocenters. The van der Waals surface area contributed by atoms with Gasteiger partial charge in [0.1, 0.15) is 18.5 Å². The van der Waals surface area contributed by atoms with Crippen molar-refractivity contribution in [3.8, 4) is 17.2 Å². The molecule has 6 nitrogen and oxygen atoms in total. The fourth-order valence-corrected chi connectivity index (χ4v) is 2.95. The van der Waals surface area contributed by atoms with Gasteiger partial charge in [-0.25, -0.2) is 0 Å². The van der Waals surface area contributed by atoms with Gasteiger partial charge in [0, 0.05) is 13.0 Å². The van der Waals surface area contributed by atoms with Crippen LogP contribution in [0.3, 0.4) is 0 Å². The first-order chi connectivity index (χ1) is 14.1. The summed E-state index contributed by atoms with van der Waals surface area (Å²) in [7, 11) is 3.14. The summed E-state index contributed by atoms with van der Waals surface area (Å²) < 4.78 is 16.4. The zero-order valence-electron chi connectivity index (χ0n) is 17.4. The molecule has 0 radical (unpaired) electrons. The second-order valence-electron chi connectivity index (χ2n) is 6.78. The predicted octanol–water partition coefficient (Wildman–Crippen LogP) is 3.26. The van der Waals surface area contributed by atoms with Crippen molar-refractivity contribution in [1.82, 2.24) is 5.32 Å². The zero-order chi connectivity index (χ0) is 21.1. The van der Waals surface area contributed by atoms with E-state index < -0.39 is 6.10 Å². The predicted molar refractivity (Wildman–Crippen MR) is 113 cm³/mol. The fraction of sp³-hybridized carbons (Fsp3) is 0.435. The van der Waals surface area contributed by atoms with Crippen LogP contribution in [0.5, 0.6) is 17.2 Å². The van der Waals surface area contributed by atoms with Crippen LogP contribution in [0.2, 0.25) is 0 Å². The Morgan fingerprint density at radius 1 is 1.07 bits per heavy atom. The number of nitrogens with one attached hydrogen (secondary N) is 1. The van der Waals surface area contributed by atoms with Gasteiger partial charge in [-0.3, -0.25) is 4.79 Å². The van der Waals surface area contributed by atoms with Crippen molar-refractivity contribution in [2.45, 2.75) is 32.3 Å². The maximum absolute atomic E-state index is 12.6. The lowest BCUT2D eigenvalue weighted by molar-refractivity contribution is 0.0980. The molecule has 0 spiro atoms. The number of ketones is 1. The summed E-state index contributed by atoms with van der Waals surface area (Å²) in [4.78, 5) is 12.6. The molecule has 0 heterocycles. The topological polar surface area (TPSA) is 77.0 Å². The van der Waals surface area contributed by atoms with E-state index in [2.05, 4.69) is 12.2 Å². The van der Waals surface area contributed by atoms with Gasteiger partial charge in [-0.1, -0.05) is 25.1 Å². The molecule has 158 valence electrons. The van der Waals surface area contributed by atoms with Crippen LogP contribution in [0.1, 0.15) is 35.7 Å². The SMILES string of the molecule is CCCNCC(O)COc1cc(CCC(=O)c2ccccc2OC)ccc1OC. The number of Topliss-reactive ketones (excluding diaryl/α,β-unsaturated/α-hetero) is 1. The minimum atomic E-state index is -0.609. The highest BCUT2D eigenvalue weighted by molar-refractivity contribution is 5.98. The standard InChI is InChI=1S/C23H31NO5/c1-4-13-24-15-18(25)16-29-23-14-17(10-12-22(23)28-3)9-11-20(26)19-7-5-6-8-21(19)27-2/h5-8,10,12,14,18,24-25H,4,9,11,13,15-16H2,1-3H3. The Balaban J connectivity index is 1.97. The quantitative estimate of drug-likeness (QED) is 0.396.